The van der Waals surface area contributed by atoms with E-state index in [4.69, 9.17) is 4.74 Å². The van der Waals surface area contributed by atoms with E-state index in [1.807, 2.05) is 20.8 Å². The van der Waals surface area contributed by atoms with Gasteiger partial charge in [-0.1, -0.05) is 6.92 Å². The minimum Gasteiger partial charge on any atom is -0.480 e. The molecule has 1 atom stereocenters. The summed E-state index contributed by atoms with van der Waals surface area (Å²) < 4.78 is 6.27. The molecule has 0 radical (unpaired) electrons. The van der Waals surface area contributed by atoms with Gasteiger partial charge in [0, 0.05) is 11.1 Å². The number of hydrogen-bond donors (Lipinski definition) is 1. The van der Waals surface area contributed by atoms with Crippen molar-refractivity contribution >= 4 is 28.1 Å². The van der Waals surface area contributed by atoms with Gasteiger partial charge in [0.2, 0.25) is 0 Å². The highest BCUT2D eigenvalue weighted by Crippen LogP contribution is 2.26. The fourth-order valence-corrected chi connectivity index (χ4v) is 1.94. The van der Waals surface area contributed by atoms with E-state index < -0.39 is 6.10 Å². The number of nitrogens with one attached hydrogen (secondary N) is 1. The minimum absolute atomic E-state index is 0.164. The van der Waals surface area contributed by atoms with Gasteiger partial charge in [0.25, 0.3) is 5.91 Å². The van der Waals surface area contributed by atoms with Gasteiger partial charge in [-0.05, 0) is 61.3 Å². The van der Waals surface area contributed by atoms with E-state index in [-0.39, 0.29) is 11.4 Å². The molecule has 0 spiro atoms. The summed E-state index contributed by atoms with van der Waals surface area (Å²) in [7, 11) is 0. The summed E-state index contributed by atoms with van der Waals surface area (Å²) in [6.45, 7) is 7.64. The largest absolute Gasteiger partial charge is 0.480 e. The van der Waals surface area contributed by atoms with Crippen LogP contribution in [0, 0.1) is 0 Å². The Kier molecular flexibility index (Phi) is 5.74. The van der Waals surface area contributed by atoms with Crippen molar-refractivity contribution < 1.29 is 14.3 Å². The van der Waals surface area contributed by atoms with Gasteiger partial charge in [-0.25, -0.2) is 0 Å². The van der Waals surface area contributed by atoms with Crippen molar-refractivity contribution in [2.75, 3.05) is 0 Å². The van der Waals surface area contributed by atoms with Crippen molar-refractivity contribution in [2.45, 2.75) is 45.8 Å². The Labute approximate surface area is 128 Å². The second-order valence-electron chi connectivity index (χ2n) is 5.29. The van der Waals surface area contributed by atoms with Gasteiger partial charge in [0.1, 0.15) is 12.0 Å². The second-order valence-corrected chi connectivity index (χ2v) is 6.15. The number of carbonyl (C=O) groups is 2. The Bertz CT molecular complexity index is 500. The SMILES string of the molecule is CCC(C)(C)NC(=O)C(C)Oc1ccc(C=O)cc1Br. The van der Waals surface area contributed by atoms with Crippen molar-refractivity contribution in [3.63, 3.8) is 0 Å². The zero-order valence-corrected chi connectivity index (χ0v) is 13.8. The van der Waals surface area contributed by atoms with Gasteiger partial charge < -0.3 is 10.1 Å². The Morgan fingerprint density at radius 2 is 2.15 bits per heavy atom. The number of hydrogen-bond acceptors (Lipinski definition) is 3. The Morgan fingerprint density at radius 1 is 1.50 bits per heavy atom. The van der Waals surface area contributed by atoms with Gasteiger partial charge >= 0.3 is 0 Å². The van der Waals surface area contributed by atoms with Gasteiger partial charge in [-0.3, -0.25) is 9.59 Å². The highest BCUT2D eigenvalue weighted by Gasteiger charge is 2.23. The molecule has 1 amide bonds. The molecule has 1 aromatic carbocycles. The summed E-state index contributed by atoms with van der Waals surface area (Å²) >= 11 is 3.33. The van der Waals surface area contributed by atoms with Crippen LogP contribution in [0.4, 0.5) is 0 Å². The molecule has 5 heteroatoms. The van der Waals surface area contributed by atoms with E-state index >= 15 is 0 Å². The molecular weight excluding hydrogens is 322 g/mol. The Morgan fingerprint density at radius 3 is 2.65 bits per heavy atom. The molecule has 0 fully saturated rings. The summed E-state index contributed by atoms with van der Waals surface area (Å²) in [5.41, 5.74) is 0.293. The molecule has 1 rings (SSSR count). The van der Waals surface area contributed by atoms with E-state index in [1.165, 1.54) is 0 Å². The van der Waals surface area contributed by atoms with Crippen LogP contribution in [0.2, 0.25) is 0 Å². The van der Waals surface area contributed by atoms with E-state index in [2.05, 4.69) is 21.2 Å². The van der Waals surface area contributed by atoms with Crippen LogP contribution >= 0.6 is 15.9 Å². The molecule has 1 N–H and O–H groups in total. The first-order chi connectivity index (χ1) is 9.29. The first kappa shape index (κ1) is 16.7. The number of ether oxygens (including phenoxy) is 1. The molecule has 0 saturated carbocycles. The van der Waals surface area contributed by atoms with Gasteiger partial charge in [-0.2, -0.15) is 0 Å². The van der Waals surface area contributed by atoms with Crippen LogP contribution in [0.5, 0.6) is 5.75 Å². The first-order valence-electron chi connectivity index (χ1n) is 6.52. The van der Waals surface area contributed by atoms with E-state index in [0.717, 1.165) is 12.7 Å². The lowest BCUT2D eigenvalue weighted by Crippen LogP contribution is -2.48. The summed E-state index contributed by atoms with van der Waals surface area (Å²) in [5, 5.41) is 2.93. The number of aldehydes is 1. The molecule has 0 saturated heterocycles. The third kappa shape index (κ3) is 4.63. The molecule has 20 heavy (non-hydrogen) atoms. The average Bonchev–Trinajstić information content (AvgIpc) is 2.40. The van der Waals surface area contributed by atoms with Crippen molar-refractivity contribution in [3.05, 3.63) is 28.2 Å². The standard InChI is InChI=1S/C15H20BrNO3/c1-5-15(3,4)17-14(19)10(2)20-13-7-6-11(9-18)8-12(13)16/h6-10H,5H2,1-4H3,(H,17,19). The molecule has 0 bridgehead atoms. The number of amides is 1. The number of halogens is 1. The lowest BCUT2D eigenvalue weighted by molar-refractivity contribution is -0.129. The van der Waals surface area contributed by atoms with Gasteiger partial charge in [0.15, 0.2) is 6.10 Å². The minimum atomic E-state index is -0.612. The average molecular weight is 342 g/mol. The van der Waals surface area contributed by atoms with Crippen LogP contribution in [-0.4, -0.2) is 23.8 Å². The smallest absolute Gasteiger partial charge is 0.261 e. The van der Waals surface area contributed by atoms with Crippen LogP contribution < -0.4 is 10.1 Å². The summed E-state index contributed by atoms with van der Waals surface area (Å²) in [4.78, 5) is 22.7. The molecule has 0 aliphatic carbocycles. The maximum absolute atomic E-state index is 12.0. The van der Waals surface area contributed by atoms with Crippen LogP contribution in [-0.2, 0) is 4.79 Å². The van der Waals surface area contributed by atoms with E-state index in [1.54, 1.807) is 25.1 Å². The zero-order chi connectivity index (χ0) is 15.3. The van der Waals surface area contributed by atoms with E-state index in [0.29, 0.717) is 15.8 Å². The molecule has 0 heterocycles. The van der Waals surface area contributed by atoms with Crippen LogP contribution in [0.1, 0.15) is 44.5 Å². The van der Waals surface area contributed by atoms with Crippen molar-refractivity contribution in [3.8, 4) is 5.75 Å². The fourth-order valence-electron chi connectivity index (χ4n) is 1.45. The van der Waals surface area contributed by atoms with Gasteiger partial charge in [-0.15, -0.1) is 0 Å². The summed E-state index contributed by atoms with van der Waals surface area (Å²) in [6, 6.07) is 4.97. The molecule has 0 aliphatic rings. The van der Waals surface area contributed by atoms with Crippen molar-refractivity contribution in [2.24, 2.45) is 0 Å². The number of rotatable bonds is 6. The second kappa shape index (κ2) is 6.88. The predicted octanol–water partition coefficient (Wildman–Crippen LogP) is 3.33. The van der Waals surface area contributed by atoms with Crippen molar-refractivity contribution in [1.29, 1.82) is 0 Å². The summed E-state index contributed by atoms with van der Waals surface area (Å²) in [5.74, 6) is 0.371. The van der Waals surface area contributed by atoms with Crippen LogP contribution in [0.3, 0.4) is 0 Å². The summed E-state index contributed by atoms with van der Waals surface area (Å²) in [6.07, 6.45) is 0.983. The molecule has 110 valence electrons. The first-order valence-corrected chi connectivity index (χ1v) is 7.32. The monoisotopic (exact) mass is 341 g/mol. The highest BCUT2D eigenvalue weighted by atomic mass is 79.9. The fraction of sp³-hybridized carbons (Fsp3) is 0.467. The lowest BCUT2D eigenvalue weighted by Gasteiger charge is -2.26. The quantitative estimate of drug-likeness (QED) is 0.807. The maximum atomic E-state index is 12.0. The zero-order valence-electron chi connectivity index (χ0n) is 12.2. The van der Waals surface area contributed by atoms with Gasteiger partial charge in [0.05, 0.1) is 4.47 Å². The third-order valence-corrected chi connectivity index (χ3v) is 3.73. The Hall–Kier alpha value is -1.36. The highest BCUT2D eigenvalue weighted by molar-refractivity contribution is 9.10. The van der Waals surface area contributed by atoms with E-state index in [9.17, 15) is 9.59 Å². The molecule has 0 aromatic heterocycles. The predicted molar refractivity (Wildman–Crippen MR) is 82.1 cm³/mol. The Balaban J connectivity index is 2.73. The molecule has 1 unspecified atom stereocenters. The van der Waals surface area contributed by atoms with Crippen molar-refractivity contribution in [1.82, 2.24) is 5.32 Å². The topological polar surface area (TPSA) is 55.4 Å². The van der Waals surface area contributed by atoms with Crippen LogP contribution in [0.25, 0.3) is 0 Å². The lowest BCUT2D eigenvalue weighted by atomic mass is 10.0. The maximum Gasteiger partial charge on any atom is 0.261 e. The molecule has 4 nitrogen and oxygen atoms in total. The molecule has 0 aliphatic heterocycles. The number of carbonyl (C=O) groups excluding carboxylic acids is 2. The molecule has 1 aromatic rings. The molecular formula is C15H20BrNO3. The third-order valence-electron chi connectivity index (χ3n) is 3.11. The number of benzene rings is 1. The van der Waals surface area contributed by atoms with Crippen LogP contribution in [0.15, 0.2) is 22.7 Å². The normalized spacial score (nSPS) is 12.7.